The summed E-state index contributed by atoms with van der Waals surface area (Å²) in [6.07, 6.45) is 0.914. The van der Waals surface area contributed by atoms with E-state index in [1.807, 2.05) is 30.0 Å². The highest BCUT2D eigenvalue weighted by molar-refractivity contribution is 5.97. The van der Waals surface area contributed by atoms with Gasteiger partial charge < -0.3 is 15.4 Å². The Morgan fingerprint density at radius 2 is 2.16 bits per heavy atom. The van der Waals surface area contributed by atoms with Crippen LogP contribution < -0.4 is 5.73 Å². The van der Waals surface area contributed by atoms with E-state index in [9.17, 15) is 4.79 Å². The first-order chi connectivity index (χ1) is 9.02. The highest BCUT2D eigenvalue weighted by atomic mass is 16.5. The summed E-state index contributed by atoms with van der Waals surface area (Å²) in [7, 11) is 1.64. The van der Waals surface area contributed by atoms with Crippen LogP contribution in [0.3, 0.4) is 0 Å². The number of benzene rings is 1. The van der Waals surface area contributed by atoms with Crippen LogP contribution in [-0.4, -0.2) is 37.1 Å². The van der Waals surface area contributed by atoms with Gasteiger partial charge in [-0.1, -0.05) is 13.0 Å². The molecule has 4 nitrogen and oxygen atoms in total. The summed E-state index contributed by atoms with van der Waals surface area (Å²) in [4.78, 5) is 14.5. The lowest BCUT2D eigenvalue weighted by Crippen LogP contribution is -2.40. The summed E-state index contributed by atoms with van der Waals surface area (Å²) >= 11 is 0. The van der Waals surface area contributed by atoms with Crippen LogP contribution >= 0.6 is 0 Å². The first-order valence-corrected chi connectivity index (χ1v) is 6.67. The highest BCUT2D eigenvalue weighted by Gasteiger charge is 2.21. The molecule has 2 N–H and O–H groups in total. The molecule has 1 aromatic carbocycles. The largest absolute Gasteiger partial charge is 0.398 e. The fourth-order valence-corrected chi connectivity index (χ4v) is 1.97. The van der Waals surface area contributed by atoms with Crippen LogP contribution in [0.5, 0.6) is 0 Å². The molecule has 1 unspecified atom stereocenters. The van der Waals surface area contributed by atoms with Gasteiger partial charge in [0.1, 0.15) is 0 Å². The van der Waals surface area contributed by atoms with Crippen LogP contribution in [0.4, 0.5) is 5.69 Å². The van der Waals surface area contributed by atoms with Gasteiger partial charge in [-0.05, 0) is 38.0 Å². The molecule has 106 valence electrons. The lowest BCUT2D eigenvalue weighted by Gasteiger charge is -2.29. The quantitative estimate of drug-likeness (QED) is 0.803. The van der Waals surface area contributed by atoms with Crippen molar-refractivity contribution >= 4 is 11.6 Å². The van der Waals surface area contributed by atoms with Gasteiger partial charge in [-0.15, -0.1) is 0 Å². The number of hydrogen-bond donors (Lipinski definition) is 1. The maximum absolute atomic E-state index is 12.6. The van der Waals surface area contributed by atoms with Gasteiger partial charge in [0, 0.05) is 30.9 Å². The average molecular weight is 264 g/mol. The predicted octanol–water partition coefficient (Wildman–Crippen LogP) is 2.46. The maximum atomic E-state index is 12.6. The third-order valence-electron chi connectivity index (χ3n) is 3.53. The van der Waals surface area contributed by atoms with Crippen molar-refractivity contribution in [2.75, 3.05) is 26.0 Å². The van der Waals surface area contributed by atoms with Gasteiger partial charge in [-0.3, -0.25) is 4.79 Å². The van der Waals surface area contributed by atoms with E-state index in [0.29, 0.717) is 24.4 Å². The van der Waals surface area contributed by atoms with Crippen LogP contribution in [0.15, 0.2) is 18.2 Å². The molecule has 4 heteroatoms. The Balaban J connectivity index is 3.01. The van der Waals surface area contributed by atoms with Crippen molar-refractivity contribution in [3.63, 3.8) is 0 Å². The monoisotopic (exact) mass is 264 g/mol. The first-order valence-electron chi connectivity index (χ1n) is 6.67. The van der Waals surface area contributed by atoms with E-state index in [1.165, 1.54) is 0 Å². The van der Waals surface area contributed by atoms with Gasteiger partial charge >= 0.3 is 0 Å². The van der Waals surface area contributed by atoms with Gasteiger partial charge in [0.25, 0.3) is 5.91 Å². The number of nitrogens with zero attached hydrogens (tertiary/aromatic N) is 1. The Bertz CT molecular complexity index is 432. The molecule has 0 saturated heterocycles. The minimum atomic E-state index is 0.0243. The Morgan fingerprint density at radius 1 is 1.47 bits per heavy atom. The summed E-state index contributed by atoms with van der Waals surface area (Å²) in [5.41, 5.74) is 8.05. The summed E-state index contributed by atoms with van der Waals surface area (Å²) < 4.78 is 5.09. The van der Waals surface area contributed by atoms with Gasteiger partial charge in [0.05, 0.1) is 6.61 Å². The average Bonchev–Trinajstić information content (AvgIpc) is 2.41. The molecule has 0 radical (unpaired) electrons. The summed E-state index contributed by atoms with van der Waals surface area (Å²) in [5, 5.41) is 0. The van der Waals surface area contributed by atoms with E-state index >= 15 is 0 Å². The molecule has 0 saturated carbocycles. The molecule has 1 rings (SSSR count). The molecule has 0 spiro atoms. The fraction of sp³-hybridized carbons (Fsp3) is 0.533. The lowest BCUT2D eigenvalue weighted by molar-refractivity contribution is 0.0613. The minimum Gasteiger partial charge on any atom is -0.398 e. The van der Waals surface area contributed by atoms with Crippen molar-refractivity contribution in [3.05, 3.63) is 29.3 Å². The minimum absolute atomic E-state index is 0.0243. The molecule has 0 heterocycles. The summed E-state index contributed by atoms with van der Waals surface area (Å²) in [5.74, 6) is 0.0243. The van der Waals surface area contributed by atoms with E-state index < -0.39 is 0 Å². The van der Waals surface area contributed by atoms with E-state index in [4.69, 9.17) is 10.5 Å². The fourth-order valence-electron chi connectivity index (χ4n) is 1.97. The number of rotatable bonds is 6. The molecule has 0 aliphatic carbocycles. The zero-order valence-electron chi connectivity index (χ0n) is 12.3. The van der Waals surface area contributed by atoms with E-state index in [2.05, 4.69) is 13.8 Å². The molecule has 0 fully saturated rings. The highest BCUT2D eigenvalue weighted by Crippen LogP contribution is 2.19. The Kier molecular flexibility index (Phi) is 5.83. The Morgan fingerprint density at radius 3 is 2.74 bits per heavy atom. The Labute approximate surface area is 115 Å². The maximum Gasteiger partial charge on any atom is 0.254 e. The molecule has 0 aromatic heterocycles. The molecule has 1 aromatic rings. The number of anilines is 1. The zero-order chi connectivity index (χ0) is 14.4. The number of ether oxygens (including phenoxy) is 1. The number of carbonyl (C=O) groups is 1. The second-order valence-electron chi connectivity index (χ2n) is 4.77. The molecular formula is C15H24N2O2. The van der Waals surface area contributed by atoms with Crippen molar-refractivity contribution in [3.8, 4) is 0 Å². The van der Waals surface area contributed by atoms with Crippen molar-refractivity contribution in [1.82, 2.24) is 4.90 Å². The number of carbonyl (C=O) groups excluding carboxylic acids is 1. The van der Waals surface area contributed by atoms with E-state index in [-0.39, 0.29) is 11.9 Å². The zero-order valence-corrected chi connectivity index (χ0v) is 12.3. The predicted molar refractivity (Wildman–Crippen MR) is 78.3 cm³/mol. The van der Waals surface area contributed by atoms with Crippen LogP contribution in [-0.2, 0) is 4.74 Å². The lowest BCUT2D eigenvalue weighted by atomic mass is 10.0. The molecule has 0 aliphatic rings. The summed E-state index contributed by atoms with van der Waals surface area (Å²) in [6.45, 7) is 7.14. The summed E-state index contributed by atoms with van der Waals surface area (Å²) in [6, 6.07) is 5.65. The van der Waals surface area contributed by atoms with Crippen LogP contribution in [0.2, 0.25) is 0 Å². The van der Waals surface area contributed by atoms with Crippen molar-refractivity contribution in [2.45, 2.75) is 33.2 Å². The van der Waals surface area contributed by atoms with Crippen LogP contribution in [0, 0.1) is 6.92 Å². The smallest absolute Gasteiger partial charge is 0.254 e. The molecule has 0 aliphatic heterocycles. The molecule has 1 amide bonds. The molecular weight excluding hydrogens is 240 g/mol. The van der Waals surface area contributed by atoms with Crippen molar-refractivity contribution in [1.29, 1.82) is 0 Å². The first kappa shape index (κ1) is 15.5. The molecule has 19 heavy (non-hydrogen) atoms. The molecule has 0 bridgehead atoms. The third-order valence-corrected chi connectivity index (χ3v) is 3.53. The number of hydrogen-bond acceptors (Lipinski definition) is 3. The molecule has 1 atom stereocenters. The second kappa shape index (κ2) is 7.14. The van der Waals surface area contributed by atoms with Crippen molar-refractivity contribution in [2.24, 2.45) is 0 Å². The van der Waals surface area contributed by atoms with Gasteiger partial charge in [0.2, 0.25) is 0 Å². The SMILES string of the molecule is CCC(C)N(CCOC)C(=O)c1cccc(N)c1C. The number of nitrogen functional groups attached to an aromatic ring is 1. The van der Waals surface area contributed by atoms with Gasteiger partial charge in [0.15, 0.2) is 0 Å². The topological polar surface area (TPSA) is 55.6 Å². The number of nitrogens with two attached hydrogens (primary N) is 1. The van der Waals surface area contributed by atoms with Crippen LogP contribution in [0.1, 0.15) is 36.2 Å². The Hall–Kier alpha value is -1.55. The number of methoxy groups -OCH3 is 1. The normalized spacial score (nSPS) is 12.2. The number of amides is 1. The van der Waals surface area contributed by atoms with Crippen LogP contribution in [0.25, 0.3) is 0 Å². The van der Waals surface area contributed by atoms with Gasteiger partial charge in [-0.25, -0.2) is 0 Å². The second-order valence-corrected chi connectivity index (χ2v) is 4.77. The van der Waals surface area contributed by atoms with Crippen molar-refractivity contribution < 1.29 is 9.53 Å². The van der Waals surface area contributed by atoms with Gasteiger partial charge in [-0.2, -0.15) is 0 Å². The van der Waals surface area contributed by atoms with E-state index in [1.54, 1.807) is 7.11 Å². The third kappa shape index (κ3) is 3.70. The van der Waals surface area contributed by atoms with E-state index in [0.717, 1.165) is 12.0 Å². The standard InChI is InChI=1S/C15H24N2O2/c1-5-11(2)17(9-10-19-4)15(18)13-7-6-8-14(16)12(13)3/h6-8,11H,5,9-10,16H2,1-4H3.